The highest BCUT2D eigenvalue weighted by Crippen LogP contribution is 2.67. The lowest BCUT2D eigenvalue weighted by Crippen LogP contribution is -2.59. The molecule has 0 aliphatic carbocycles. The number of carbonyl (C=O) groups is 4. The fraction of sp³-hybridized carbons (Fsp3) is 0.515. The zero-order chi connectivity index (χ0) is 33.9. The van der Waals surface area contributed by atoms with Gasteiger partial charge in [-0.2, -0.15) is 0 Å². The Hall–Kier alpha value is -3.57. The Labute approximate surface area is 270 Å². The predicted octanol–water partition coefficient (Wildman–Crippen LogP) is 3.02. The molecule has 4 rings (SSSR count). The zero-order valence-electron chi connectivity index (χ0n) is 26.5. The normalized spacial score (nSPS) is 20.8. The first-order chi connectivity index (χ1) is 21.9. The predicted molar refractivity (Wildman–Crippen MR) is 176 cm³/mol. The van der Waals surface area contributed by atoms with Gasteiger partial charge in [-0.1, -0.05) is 67.1 Å². The van der Waals surface area contributed by atoms with Crippen molar-refractivity contribution in [3.63, 3.8) is 0 Å². The molecular weight excluding hydrogens is 609 g/mol. The van der Waals surface area contributed by atoms with Gasteiger partial charge in [0.15, 0.2) is 5.28 Å². The van der Waals surface area contributed by atoms with Crippen molar-refractivity contribution in [3.05, 3.63) is 71.8 Å². The van der Waals surface area contributed by atoms with Gasteiger partial charge in [0.2, 0.25) is 11.8 Å². The van der Waals surface area contributed by atoms with Crippen molar-refractivity contribution in [1.82, 2.24) is 9.80 Å². The van der Waals surface area contributed by atoms with E-state index in [0.29, 0.717) is 38.8 Å². The monoisotopic (exact) mass is 657 g/mol. The third-order valence-corrected chi connectivity index (χ3v) is 12.5. The summed E-state index contributed by atoms with van der Waals surface area (Å²) < 4.78 is 15.1. The fourth-order valence-corrected chi connectivity index (χ4v) is 10.1. The molecule has 0 radical (unpaired) electrons. The maximum Gasteiger partial charge on any atom is 0.337 e. The summed E-state index contributed by atoms with van der Waals surface area (Å²) >= 11 is 0. The van der Waals surface area contributed by atoms with Crippen LogP contribution in [0.2, 0.25) is 0 Å². The molecular formula is C33H48N5O7P. The number of amides is 2. The van der Waals surface area contributed by atoms with Crippen LogP contribution in [0.1, 0.15) is 63.0 Å². The average molecular weight is 658 g/mol. The third kappa shape index (κ3) is 8.61. The number of carboxylic acids is 2. The highest BCUT2D eigenvalue weighted by atomic mass is 31.2. The molecule has 2 aromatic rings. The minimum atomic E-state index is -3.63. The summed E-state index contributed by atoms with van der Waals surface area (Å²) in [5.74, 6) is -2.95. The molecule has 0 aromatic heterocycles. The number of carboxylic acid groups (broad SMARTS) is 2. The first-order valence-electron chi connectivity index (χ1n) is 15.8. The molecule has 12 nitrogen and oxygen atoms in total. The average Bonchev–Trinajstić information content (AvgIpc) is 3.71. The standard InChI is InChI=1S/C27H34N3O5P.C6H14N2O2/c1-20(28)24(31)29-16-8-14-23(29)25(32)30-17-9-15-27(30,26(33)34)36(35,18-21-10-4-2-5-11-21)19-22-12-6-3-7-13-22;7-4-2-1-3-5(8)6(9)10/h2-7,10-13,20,23H,8-9,14-19,28H2,1H3,(H,33,34);5H,1-4,7-8H2,(H,9,10)/t20-,23-,27+;5-/m00/s1. The number of nitrogens with two attached hydrogens (primary N) is 3. The quantitative estimate of drug-likeness (QED) is 0.157. The van der Waals surface area contributed by atoms with Gasteiger partial charge in [0.1, 0.15) is 19.2 Å². The molecule has 2 aliphatic rings. The minimum Gasteiger partial charge on any atom is -0.480 e. The summed E-state index contributed by atoms with van der Waals surface area (Å²) in [6, 6.07) is 16.2. The Morgan fingerprint density at radius 1 is 0.913 bits per heavy atom. The second kappa shape index (κ2) is 16.8. The van der Waals surface area contributed by atoms with Crippen LogP contribution in [-0.4, -0.2) is 86.8 Å². The molecule has 2 aliphatic heterocycles. The highest BCUT2D eigenvalue weighted by molar-refractivity contribution is 7.65. The van der Waals surface area contributed by atoms with E-state index in [1.54, 1.807) is 6.92 Å². The second-order valence-electron chi connectivity index (χ2n) is 12.1. The number of hydrogen-bond acceptors (Lipinski definition) is 8. The van der Waals surface area contributed by atoms with Gasteiger partial charge in [0.05, 0.1) is 6.04 Å². The van der Waals surface area contributed by atoms with Crippen LogP contribution in [0.25, 0.3) is 0 Å². The number of benzene rings is 2. The Bertz CT molecular complexity index is 1330. The van der Waals surface area contributed by atoms with Crippen LogP contribution in [-0.2, 0) is 36.1 Å². The Morgan fingerprint density at radius 3 is 1.96 bits per heavy atom. The molecule has 4 atom stereocenters. The van der Waals surface area contributed by atoms with E-state index in [2.05, 4.69) is 0 Å². The molecule has 2 saturated heterocycles. The largest absolute Gasteiger partial charge is 0.480 e. The SMILES string of the molecule is C[C@H](N)C(=O)N1CCC[C@H]1C(=O)N1CCC[C@]1(C(=O)O)P(=O)(Cc1ccccc1)Cc1ccccc1.NCCCC[C@H](N)C(=O)O. The Kier molecular flexibility index (Phi) is 13.5. The molecule has 8 N–H and O–H groups in total. The van der Waals surface area contributed by atoms with E-state index in [1.807, 2.05) is 60.7 Å². The van der Waals surface area contributed by atoms with Crippen LogP contribution < -0.4 is 17.2 Å². The number of unbranched alkanes of at least 4 members (excludes halogenated alkanes) is 1. The van der Waals surface area contributed by atoms with E-state index >= 15 is 4.57 Å². The van der Waals surface area contributed by atoms with Crippen molar-refractivity contribution in [2.24, 2.45) is 17.2 Å². The van der Waals surface area contributed by atoms with Crippen molar-refractivity contribution in [1.29, 1.82) is 0 Å². The van der Waals surface area contributed by atoms with Gasteiger partial charge < -0.3 is 41.8 Å². The maximum atomic E-state index is 15.1. The summed E-state index contributed by atoms with van der Waals surface area (Å²) in [6.45, 7) is 2.77. The van der Waals surface area contributed by atoms with Gasteiger partial charge in [0, 0.05) is 25.4 Å². The lowest BCUT2D eigenvalue weighted by Gasteiger charge is -2.43. The molecule has 46 heavy (non-hydrogen) atoms. The lowest BCUT2D eigenvalue weighted by atomic mass is 10.1. The number of likely N-dealkylation sites (tertiary alicyclic amines) is 2. The maximum absolute atomic E-state index is 15.1. The number of rotatable bonds is 13. The molecule has 0 bridgehead atoms. The molecule has 0 unspecified atom stereocenters. The van der Waals surface area contributed by atoms with Crippen LogP contribution in [0.5, 0.6) is 0 Å². The topological polar surface area (TPSA) is 210 Å². The van der Waals surface area contributed by atoms with E-state index < -0.39 is 48.4 Å². The van der Waals surface area contributed by atoms with Gasteiger partial charge in [-0.15, -0.1) is 0 Å². The number of carbonyl (C=O) groups excluding carboxylic acids is 2. The molecule has 13 heteroatoms. The van der Waals surface area contributed by atoms with Crippen molar-refractivity contribution < 1.29 is 34.0 Å². The zero-order valence-corrected chi connectivity index (χ0v) is 27.4. The van der Waals surface area contributed by atoms with Crippen molar-refractivity contribution in [2.45, 2.75) is 87.6 Å². The van der Waals surface area contributed by atoms with Crippen LogP contribution in [0.3, 0.4) is 0 Å². The van der Waals surface area contributed by atoms with E-state index in [9.17, 15) is 24.3 Å². The molecule has 252 valence electrons. The van der Waals surface area contributed by atoms with E-state index in [1.165, 1.54) is 9.80 Å². The van der Waals surface area contributed by atoms with Crippen molar-refractivity contribution in [3.8, 4) is 0 Å². The molecule has 2 heterocycles. The lowest BCUT2D eigenvalue weighted by molar-refractivity contribution is -0.154. The summed E-state index contributed by atoms with van der Waals surface area (Å²) in [7, 11) is -3.63. The first kappa shape index (κ1) is 36.9. The van der Waals surface area contributed by atoms with E-state index in [-0.39, 0.29) is 31.2 Å². The summed E-state index contributed by atoms with van der Waals surface area (Å²) in [4.78, 5) is 52.7. The van der Waals surface area contributed by atoms with E-state index in [4.69, 9.17) is 22.3 Å². The van der Waals surface area contributed by atoms with Crippen LogP contribution >= 0.6 is 7.14 Å². The number of nitrogens with zero attached hydrogens (tertiary/aromatic N) is 2. The van der Waals surface area contributed by atoms with E-state index in [0.717, 1.165) is 24.0 Å². The molecule has 2 aromatic carbocycles. The van der Waals surface area contributed by atoms with Gasteiger partial charge in [-0.05, 0) is 63.1 Å². The van der Waals surface area contributed by atoms with Gasteiger partial charge in [-0.3, -0.25) is 14.4 Å². The second-order valence-corrected chi connectivity index (χ2v) is 15.3. The molecule has 0 spiro atoms. The molecule has 0 saturated carbocycles. The first-order valence-corrected chi connectivity index (χ1v) is 17.9. The number of hydrogen-bond donors (Lipinski definition) is 5. The summed E-state index contributed by atoms with van der Waals surface area (Å²) in [5.41, 5.74) is 17.8. The van der Waals surface area contributed by atoms with Gasteiger partial charge >= 0.3 is 11.9 Å². The highest BCUT2D eigenvalue weighted by Gasteiger charge is 2.62. The van der Waals surface area contributed by atoms with Crippen LogP contribution in [0, 0.1) is 0 Å². The summed E-state index contributed by atoms with van der Waals surface area (Å²) in [5, 5.41) is 17.2. The summed E-state index contributed by atoms with van der Waals surface area (Å²) in [6.07, 6.45) is 3.90. The molecule has 2 fully saturated rings. The number of aliphatic carboxylic acids is 2. The third-order valence-electron chi connectivity index (χ3n) is 8.69. The van der Waals surface area contributed by atoms with Gasteiger partial charge in [0.25, 0.3) is 0 Å². The smallest absolute Gasteiger partial charge is 0.337 e. The Balaban J connectivity index is 0.000000498. The molecule has 2 amide bonds. The minimum absolute atomic E-state index is 0.0615. The Morgan fingerprint density at radius 2 is 1.48 bits per heavy atom. The van der Waals surface area contributed by atoms with Crippen LogP contribution in [0.4, 0.5) is 0 Å². The van der Waals surface area contributed by atoms with Crippen molar-refractivity contribution >= 4 is 30.9 Å². The van der Waals surface area contributed by atoms with Crippen LogP contribution in [0.15, 0.2) is 60.7 Å². The van der Waals surface area contributed by atoms with Crippen molar-refractivity contribution in [2.75, 3.05) is 19.6 Å². The van der Waals surface area contributed by atoms with Gasteiger partial charge in [-0.25, -0.2) is 4.79 Å². The fourth-order valence-electron chi connectivity index (χ4n) is 6.35.